The molecule has 5 rings (SSSR count). The van der Waals surface area contributed by atoms with Crippen molar-refractivity contribution in [3.8, 4) is 11.5 Å². The van der Waals surface area contributed by atoms with Crippen molar-refractivity contribution in [3.63, 3.8) is 0 Å². The maximum absolute atomic E-state index is 13.7. The fourth-order valence-corrected chi connectivity index (χ4v) is 5.12. The highest BCUT2D eigenvalue weighted by molar-refractivity contribution is 5.90. The molecule has 172 valence electrons. The number of aryl methyl sites for hydroxylation is 1. The summed E-state index contributed by atoms with van der Waals surface area (Å²) < 4.78 is 5.45. The molecule has 1 amide bonds. The van der Waals surface area contributed by atoms with Crippen molar-refractivity contribution in [2.75, 3.05) is 45.2 Å². The second-order valence-corrected chi connectivity index (χ2v) is 9.09. The predicted molar refractivity (Wildman–Crippen MR) is 131 cm³/mol. The Morgan fingerprint density at radius 2 is 1.82 bits per heavy atom. The van der Waals surface area contributed by atoms with E-state index in [1.54, 1.807) is 13.2 Å². The largest absolute Gasteiger partial charge is 0.508 e. The highest BCUT2D eigenvalue weighted by Gasteiger charge is 2.35. The van der Waals surface area contributed by atoms with E-state index in [2.05, 4.69) is 35.0 Å². The van der Waals surface area contributed by atoms with Gasteiger partial charge in [0.2, 0.25) is 5.91 Å². The number of phenolic OH excluding ortho intramolecular Hbond substituents is 1. The molecule has 0 bridgehead atoms. The summed E-state index contributed by atoms with van der Waals surface area (Å²) in [4.78, 5) is 20.2. The molecule has 1 fully saturated rings. The monoisotopic (exact) mass is 445 g/mol. The van der Waals surface area contributed by atoms with Crippen LogP contribution in [0.5, 0.6) is 11.5 Å². The highest BCUT2D eigenvalue weighted by Crippen LogP contribution is 2.37. The number of carbonyl (C=O) groups excluding carboxylic acids is 1. The summed E-state index contributed by atoms with van der Waals surface area (Å²) in [6, 6.07) is 17.7. The van der Waals surface area contributed by atoms with E-state index in [0.717, 1.165) is 66.8 Å². The van der Waals surface area contributed by atoms with Crippen molar-refractivity contribution in [1.29, 1.82) is 0 Å². The molecule has 2 heterocycles. The molecule has 0 aromatic heterocycles. The number of hydrogen-bond donors (Lipinski definition) is 1. The van der Waals surface area contributed by atoms with E-state index in [-0.39, 0.29) is 17.7 Å². The lowest BCUT2D eigenvalue weighted by atomic mass is 9.93. The number of rotatable bonds is 4. The number of nitrogens with zero attached hydrogens (tertiary/aromatic N) is 3. The summed E-state index contributed by atoms with van der Waals surface area (Å²) in [5, 5.41) is 12.9. The van der Waals surface area contributed by atoms with Gasteiger partial charge < -0.3 is 24.5 Å². The van der Waals surface area contributed by atoms with Gasteiger partial charge in [0, 0.05) is 44.0 Å². The summed E-state index contributed by atoms with van der Waals surface area (Å²) in [5.41, 5.74) is 3.15. The molecule has 0 radical (unpaired) electrons. The number of para-hydroxylation sites is 1. The van der Waals surface area contributed by atoms with Gasteiger partial charge in [-0.05, 0) is 60.5 Å². The Morgan fingerprint density at radius 1 is 1.06 bits per heavy atom. The number of hydrogen-bond acceptors (Lipinski definition) is 5. The third kappa shape index (κ3) is 4.11. The Labute approximate surface area is 195 Å². The number of ether oxygens (including phenoxy) is 1. The van der Waals surface area contributed by atoms with Crippen molar-refractivity contribution in [2.24, 2.45) is 0 Å². The van der Waals surface area contributed by atoms with Crippen LogP contribution in [0, 0.1) is 0 Å². The lowest BCUT2D eigenvalue weighted by Crippen LogP contribution is -2.55. The summed E-state index contributed by atoms with van der Waals surface area (Å²) in [6.07, 6.45) is 1.66. The number of aromatic hydroxyl groups is 1. The smallest absolute Gasteiger partial charge is 0.245 e. The van der Waals surface area contributed by atoms with Crippen LogP contribution >= 0.6 is 0 Å². The van der Waals surface area contributed by atoms with Crippen LogP contribution in [0.15, 0.2) is 54.6 Å². The zero-order valence-corrected chi connectivity index (χ0v) is 19.3. The standard InChI is InChI=1S/C27H31N3O3/c1-28-13-15-29(16-14-28)27(32)25-11-8-20-5-3-4-6-24(20)30(25)18-23-22-17-21(33-2)10-7-19(22)9-12-26(23)31/h3-7,9-10,12,17,25,31H,8,11,13-16,18H2,1-2H3. The van der Waals surface area contributed by atoms with E-state index in [0.29, 0.717) is 6.54 Å². The van der Waals surface area contributed by atoms with Crippen LogP contribution in [-0.4, -0.2) is 67.2 Å². The Morgan fingerprint density at radius 3 is 2.61 bits per heavy atom. The maximum Gasteiger partial charge on any atom is 0.245 e. The fraction of sp³-hybridized carbons (Fsp3) is 0.370. The van der Waals surface area contributed by atoms with Gasteiger partial charge in [0.15, 0.2) is 0 Å². The number of anilines is 1. The van der Waals surface area contributed by atoms with Gasteiger partial charge in [0.25, 0.3) is 0 Å². The average molecular weight is 446 g/mol. The predicted octanol–water partition coefficient (Wildman–Crippen LogP) is 3.65. The molecule has 0 spiro atoms. The highest BCUT2D eigenvalue weighted by atomic mass is 16.5. The second-order valence-electron chi connectivity index (χ2n) is 9.09. The normalized spacial score (nSPS) is 18.9. The summed E-state index contributed by atoms with van der Waals surface area (Å²) >= 11 is 0. The number of methoxy groups -OCH3 is 1. The maximum atomic E-state index is 13.7. The van der Waals surface area contributed by atoms with E-state index in [4.69, 9.17) is 4.74 Å². The molecule has 6 nitrogen and oxygen atoms in total. The number of benzene rings is 3. The number of likely N-dealkylation sites (N-methyl/N-ethyl adjacent to an activating group) is 1. The van der Waals surface area contributed by atoms with Crippen LogP contribution in [-0.2, 0) is 17.8 Å². The Kier molecular flexibility index (Phi) is 5.85. The van der Waals surface area contributed by atoms with E-state index in [1.165, 1.54) is 5.56 Å². The molecule has 1 saturated heterocycles. The molecular weight excluding hydrogens is 414 g/mol. The van der Waals surface area contributed by atoms with E-state index >= 15 is 0 Å². The molecule has 33 heavy (non-hydrogen) atoms. The Bertz CT molecular complexity index is 1170. The van der Waals surface area contributed by atoms with Crippen molar-refractivity contribution >= 4 is 22.4 Å². The van der Waals surface area contributed by atoms with Gasteiger partial charge in [-0.1, -0.05) is 30.3 Å². The third-order valence-corrected chi connectivity index (χ3v) is 7.11. The van der Waals surface area contributed by atoms with Crippen molar-refractivity contribution in [3.05, 3.63) is 65.7 Å². The topological polar surface area (TPSA) is 56.3 Å². The number of fused-ring (bicyclic) bond motifs is 2. The van der Waals surface area contributed by atoms with E-state index in [9.17, 15) is 9.90 Å². The van der Waals surface area contributed by atoms with Crippen LogP contribution in [0.2, 0.25) is 0 Å². The van der Waals surface area contributed by atoms with Gasteiger partial charge in [-0.2, -0.15) is 0 Å². The van der Waals surface area contributed by atoms with Gasteiger partial charge in [-0.3, -0.25) is 4.79 Å². The minimum absolute atomic E-state index is 0.190. The molecule has 3 aromatic carbocycles. The first kappa shape index (κ1) is 21.6. The van der Waals surface area contributed by atoms with Crippen LogP contribution in [0.3, 0.4) is 0 Å². The zero-order chi connectivity index (χ0) is 22.9. The summed E-state index contributed by atoms with van der Waals surface area (Å²) in [5.74, 6) is 1.18. The first-order chi connectivity index (χ1) is 16.0. The SMILES string of the molecule is COc1ccc2ccc(O)c(CN3c4ccccc4CCC3C(=O)N3CCN(C)CC3)c2c1. The molecule has 1 N–H and O–H groups in total. The molecule has 3 aromatic rings. The number of phenols is 1. The number of piperazine rings is 1. The minimum Gasteiger partial charge on any atom is -0.508 e. The average Bonchev–Trinajstić information content (AvgIpc) is 2.85. The molecule has 0 aliphatic carbocycles. The fourth-order valence-electron chi connectivity index (χ4n) is 5.12. The van der Waals surface area contributed by atoms with Crippen molar-refractivity contribution in [2.45, 2.75) is 25.4 Å². The summed E-state index contributed by atoms with van der Waals surface area (Å²) in [7, 11) is 3.75. The van der Waals surface area contributed by atoms with E-state index in [1.807, 2.05) is 35.2 Å². The van der Waals surface area contributed by atoms with Gasteiger partial charge in [0.1, 0.15) is 17.5 Å². The van der Waals surface area contributed by atoms with Crippen LogP contribution < -0.4 is 9.64 Å². The molecule has 6 heteroatoms. The van der Waals surface area contributed by atoms with Crippen LogP contribution in [0.25, 0.3) is 10.8 Å². The Balaban J connectivity index is 1.55. The third-order valence-electron chi connectivity index (χ3n) is 7.11. The quantitative estimate of drug-likeness (QED) is 0.664. The van der Waals surface area contributed by atoms with Crippen LogP contribution in [0.4, 0.5) is 5.69 Å². The second kappa shape index (κ2) is 8.94. The van der Waals surface area contributed by atoms with E-state index < -0.39 is 0 Å². The van der Waals surface area contributed by atoms with Gasteiger partial charge in [-0.25, -0.2) is 0 Å². The molecule has 1 atom stereocenters. The first-order valence-corrected chi connectivity index (χ1v) is 11.7. The van der Waals surface area contributed by atoms with Crippen molar-refractivity contribution < 1.29 is 14.6 Å². The van der Waals surface area contributed by atoms with Crippen LogP contribution in [0.1, 0.15) is 17.5 Å². The van der Waals surface area contributed by atoms with Gasteiger partial charge in [0.05, 0.1) is 7.11 Å². The minimum atomic E-state index is -0.247. The molecule has 0 saturated carbocycles. The number of amides is 1. The van der Waals surface area contributed by atoms with Crippen molar-refractivity contribution in [1.82, 2.24) is 9.80 Å². The molecular formula is C27H31N3O3. The lowest BCUT2D eigenvalue weighted by molar-refractivity contribution is -0.134. The molecule has 2 aliphatic heterocycles. The van der Waals surface area contributed by atoms with Gasteiger partial charge >= 0.3 is 0 Å². The Hall–Kier alpha value is -3.25. The molecule has 1 unspecified atom stereocenters. The lowest BCUT2D eigenvalue weighted by Gasteiger charge is -2.42. The van der Waals surface area contributed by atoms with Gasteiger partial charge in [-0.15, -0.1) is 0 Å². The zero-order valence-electron chi connectivity index (χ0n) is 19.3. The summed E-state index contributed by atoms with van der Waals surface area (Å²) in [6.45, 7) is 3.78. The molecule has 2 aliphatic rings. The first-order valence-electron chi connectivity index (χ1n) is 11.7. The number of carbonyl (C=O) groups is 1.